The van der Waals surface area contributed by atoms with Gasteiger partial charge in [-0.2, -0.15) is 26.3 Å². The van der Waals surface area contributed by atoms with Gasteiger partial charge in [-0.1, -0.05) is 0 Å². The summed E-state index contributed by atoms with van der Waals surface area (Å²) in [6, 6.07) is 1.51. The maximum atomic E-state index is 15.1. The van der Waals surface area contributed by atoms with E-state index in [4.69, 9.17) is 0 Å². The minimum atomic E-state index is -4.99. The highest BCUT2D eigenvalue weighted by atomic mass is 32.2. The first kappa shape index (κ1) is 34.0. The van der Waals surface area contributed by atoms with Crippen LogP contribution in [0, 0.1) is 11.6 Å². The average molecular weight is 640 g/mol. The molecule has 0 bridgehead atoms. The predicted molar refractivity (Wildman–Crippen MR) is 146 cm³/mol. The molecule has 1 fully saturated rings. The molecule has 3 atom stereocenters. The summed E-state index contributed by atoms with van der Waals surface area (Å²) in [6.45, 7) is 4.60. The lowest BCUT2D eigenvalue weighted by Crippen LogP contribution is -2.47. The third-order valence-electron chi connectivity index (χ3n) is 7.00. The molecule has 2 aromatic rings. The zero-order valence-electron chi connectivity index (χ0n) is 23.2. The van der Waals surface area contributed by atoms with Crippen LogP contribution < -0.4 is 10.0 Å². The van der Waals surface area contributed by atoms with E-state index >= 15 is 4.39 Å². The van der Waals surface area contributed by atoms with Gasteiger partial charge in [-0.25, -0.2) is 22.2 Å². The van der Waals surface area contributed by atoms with Gasteiger partial charge in [-0.3, -0.25) is 9.71 Å². The van der Waals surface area contributed by atoms with E-state index < -0.39 is 68.0 Å². The number of hydrogen-bond donors (Lipinski definition) is 2. The van der Waals surface area contributed by atoms with E-state index in [9.17, 15) is 39.2 Å². The zero-order valence-corrected chi connectivity index (χ0v) is 24.0. The van der Waals surface area contributed by atoms with E-state index in [1.165, 1.54) is 13.0 Å². The van der Waals surface area contributed by atoms with Crippen LogP contribution in [0.2, 0.25) is 0 Å². The smallest absolute Gasteiger partial charge is 0.378 e. The molecule has 0 amide bonds. The van der Waals surface area contributed by atoms with Gasteiger partial charge in [0.15, 0.2) is 0 Å². The SMILES string of the molecule is C=NC=N/C(=C\C)NS(=O)(=O)c1cc(F)c(N[C@H]2CC[C@H](c3cc(C(F)(F)F)cc(C(F)(F)F)c3)C[C@@H]2N(C)C)cc1F. The van der Waals surface area contributed by atoms with Gasteiger partial charge in [0.1, 0.15) is 28.7 Å². The second kappa shape index (κ2) is 13.0. The summed E-state index contributed by atoms with van der Waals surface area (Å²) in [5.41, 5.74) is -3.32. The molecule has 7 nitrogen and oxygen atoms in total. The predicted octanol–water partition coefficient (Wildman–Crippen LogP) is 6.55. The summed E-state index contributed by atoms with van der Waals surface area (Å²) in [5, 5.41) is 2.84. The number of allylic oxidation sites excluding steroid dienone is 1. The minimum absolute atomic E-state index is 0.0713. The average Bonchev–Trinajstić information content (AvgIpc) is 2.91. The van der Waals surface area contributed by atoms with Gasteiger partial charge in [0.05, 0.1) is 16.8 Å². The highest BCUT2D eigenvalue weighted by Gasteiger charge is 2.39. The van der Waals surface area contributed by atoms with Gasteiger partial charge in [0, 0.05) is 18.2 Å². The number of anilines is 1. The molecular weight excluding hydrogens is 610 g/mol. The number of aliphatic imine (C=N–C) groups is 2. The van der Waals surface area contributed by atoms with Gasteiger partial charge in [-0.05, 0) is 88.8 Å². The number of sulfonamides is 1. The van der Waals surface area contributed by atoms with E-state index in [0.29, 0.717) is 24.3 Å². The Morgan fingerprint density at radius 3 is 2.09 bits per heavy atom. The minimum Gasteiger partial charge on any atom is -0.378 e. The van der Waals surface area contributed by atoms with Crippen LogP contribution in [0.4, 0.5) is 40.8 Å². The van der Waals surface area contributed by atoms with Crippen LogP contribution in [0.15, 0.2) is 57.1 Å². The second-order valence-corrected chi connectivity index (χ2v) is 11.8. The van der Waals surface area contributed by atoms with Crippen LogP contribution >= 0.6 is 0 Å². The molecule has 0 aromatic heterocycles. The Morgan fingerprint density at radius 1 is 0.977 bits per heavy atom. The summed E-state index contributed by atoms with van der Waals surface area (Å²) in [4.78, 5) is 7.70. The van der Waals surface area contributed by atoms with E-state index in [-0.39, 0.29) is 42.4 Å². The van der Waals surface area contributed by atoms with Crippen molar-refractivity contribution in [2.24, 2.45) is 9.98 Å². The van der Waals surface area contributed by atoms with E-state index in [1.54, 1.807) is 19.0 Å². The normalized spacial score (nSPS) is 20.5. The first-order chi connectivity index (χ1) is 19.9. The maximum absolute atomic E-state index is 15.1. The first-order valence-corrected chi connectivity index (χ1v) is 14.2. The largest absolute Gasteiger partial charge is 0.416 e. The lowest BCUT2D eigenvalue weighted by atomic mass is 9.77. The van der Waals surface area contributed by atoms with Crippen molar-refractivity contribution in [3.63, 3.8) is 0 Å². The fraction of sp³-hybridized carbons (Fsp3) is 0.407. The van der Waals surface area contributed by atoms with E-state index in [2.05, 4.69) is 22.0 Å². The molecule has 1 saturated carbocycles. The number of nitrogens with one attached hydrogen (secondary N) is 2. The summed E-state index contributed by atoms with van der Waals surface area (Å²) < 4.78 is 138. The summed E-state index contributed by atoms with van der Waals surface area (Å²) in [7, 11) is -1.33. The fourth-order valence-corrected chi connectivity index (χ4v) is 6.03. The van der Waals surface area contributed by atoms with Crippen molar-refractivity contribution in [1.82, 2.24) is 9.62 Å². The second-order valence-electron chi connectivity index (χ2n) is 10.1. The third-order valence-corrected chi connectivity index (χ3v) is 8.37. The Balaban J connectivity index is 1.88. The molecule has 0 aliphatic heterocycles. The lowest BCUT2D eigenvalue weighted by molar-refractivity contribution is -0.143. The number of likely N-dealkylation sites (N-methyl/N-ethyl adjacent to an activating group) is 1. The molecule has 0 saturated heterocycles. The molecule has 0 spiro atoms. The van der Waals surface area contributed by atoms with Crippen molar-refractivity contribution in [1.29, 1.82) is 0 Å². The number of hydrogen-bond acceptors (Lipinski definition) is 5. The molecule has 0 unspecified atom stereocenters. The summed E-state index contributed by atoms with van der Waals surface area (Å²) in [5.74, 6) is -3.29. The maximum Gasteiger partial charge on any atom is 0.416 e. The fourth-order valence-electron chi connectivity index (χ4n) is 4.90. The third kappa shape index (κ3) is 8.31. The molecule has 0 radical (unpaired) electrons. The molecule has 236 valence electrons. The Hall–Kier alpha value is -3.53. The molecular formula is C27H29F8N5O2S. The number of rotatable bonds is 9. The number of halogens is 8. The summed E-state index contributed by atoms with van der Waals surface area (Å²) >= 11 is 0. The van der Waals surface area contributed by atoms with Crippen LogP contribution in [-0.2, 0) is 22.4 Å². The van der Waals surface area contributed by atoms with E-state index in [0.717, 1.165) is 6.34 Å². The van der Waals surface area contributed by atoms with Gasteiger partial charge in [0.2, 0.25) is 0 Å². The quantitative estimate of drug-likeness (QED) is 0.185. The van der Waals surface area contributed by atoms with Crippen LogP contribution in [-0.4, -0.2) is 52.6 Å². The summed E-state index contributed by atoms with van der Waals surface area (Å²) in [6.07, 6.45) is -7.35. The first-order valence-electron chi connectivity index (χ1n) is 12.8. The molecule has 1 aliphatic rings. The van der Waals surface area contributed by atoms with Crippen molar-refractivity contribution < 1.29 is 43.5 Å². The van der Waals surface area contributed by atoms with Crippen molar-refractivity contribution >= 4 is 28.8 Å². The van der Waals surface area contributed by atoms with Crippen LogP contribution in [0.5, 0.6) is 0 Å². The molecule has 2 N–H and O–H groups in total. The molecule has 1 aliphatic carbocycles. The highest BCUT2D eigenvalue weighted by molar-refractivity contribution is 7.89. The van der Waals surface area contributed by atoms with Crippen molar-refractivity contribution in [2.75, 3.05) is 19.4 Å². The van der Waals surface area contributed by atoms with E-state index in [1.807, 2.05) is 4.72 Å². The Morgan fingerprint density at radius 2 is 1.58 bits per heavy atom. The highest BCUT2D eigenvalue weighted by Crippen LogP contribution is 2.42. The number of benzene rings is 2. The topological polar surface area (TPSA) is 86.2 Å². The molecule has 43 heavy (non-hydrogen) atoms. The van der Waals surface area contributed by atoms with Crippen molar-refractivity contribution in [3.8, 4) is 0 Å². The van der Waals surface area contributed by atoms with Gasteiger partial charge < -0.3 is 10.2 Å². The van der Waals surface area contributed by atoms with Gasteiger partial charge in [-0.15, -0.1) is 0 Å². The van der Waals surface area contributed by atoms with Crippen LogP contribution in [0.25, 0.3) is 0 Å². The lowest BCUT2D eigenvalue weighted by Gasteiger charge is -2.41. The molecule has 16 heteroatoms. The molecule has 3 rings (SSSR count). The van der Waals surface area contributed by atoms with Gasteiger partial charge in [0.25, 0.3) is 10.0 Å². The zero-order chi connectivity index (χ0) is 32.3. The monoisotopic (exact) mass is 639 g/mol. The number of nitrogens with zero attached hydrogens (tertiary/aromatic N) is 3. The van der Waals surface area contributed by atoms with Crippen molar-refractivity contribution in [2.45, 2.75) is 61.4 Å². The Kier molecular flexibility index (Phi) is 10.3. The Bertz CT molecular complexity index is 1470. The Labute approximate surface area is 243 Å². The van der Waals surface area contributed by atoms with Crippen LogP contribution in [0.3, 0.4) is 0 Å². The van der Waals surface area contributed by atoms with Crippen LogP contribution in [0.1, 0.15) is 48.8 Å². The molecule has 0 heterocycles. The standard InChI is InChI=1S/C27H29F8N5O2S/c1-5-25(37-14-36-2)39-43(41,42)24-13-19(28)22(12-20(24)29)38-21-7-6-15(10-23(21)40(3)4)16-8-17(26(30,31)32)11-18(9-16)27(33,34)35/h5,8-9,11-15,21,23,38-39H,2,6-7,10H2,1,3-4H3/b25-5+,37-14?/t15-,21-,23-/m0/s1. The molecule has 2 aromatic carbocycles. The van der Waals surface area contributed by atoms with Crippen molar-refractivity contribution in [3.05, 3.63) is 70.6 Å². The number of alkyl halides is 6. The van der Waals surface area contributed by atoms with Gasteiger partial charge >= 0.3 is 12.4 Å².